The van der Waals surface area contributed by atoms with E-state index in [-0.39, 0.29) is 0 Å². The average molecular weight is 297 g/mol. The van der Waals surface area contributed by atoms with Crippen LogP contribution in [0.3, 0.4) is 0 Å². The molecule has 0 radical (unpaired) electrons. The Morgan fingerprint density at radius 3 is 2.62 bits per heavy atom. The van der Waals surface area contributed by atoms with Crippen LogP contribution in [0.4, 0.5) is 0 Å². The molecule has 0 amide bonds. The molecule has 0 spiro atoms. The third kappa shape index (κ3) is 2.21. The highest BCUT2D eigenvalue weighted by atomic mass is 32.2. The number of para-hydroxylation sites is 1. The van der Waals surface area contributed by atoms with E-state index in [4.69, 9.17) is 0 Å². The molecule has 3 heterocycles. The molecule has 0 aliphatic carbocycles. The molecule has 3 aromatic heterocycles. The molecule has 0 fully saturated rings. The van der Waals surface area contributed by atoms with E-state index in [1.807, 2.05) is 36.4 Å². The quantitative estimate of drug-likeness (QED) is 0.543. The van der Waals surface area contributed by atoms with Crippen LogP contribution in [0.2, 0.25) is 0 Å². The second kappa shape index (κ2) is 4.90. The Morgan fingerprint density at radius 2 is 1.71 bits per heavy atom. The van der Waals surface area contributed by atoms with E-state index in [0.29, 0.717) is 15.8 Å². The van der Waals surface area contributed by atoms with E-state index in [1.165, 1.54) is 16.4 Å². The first kappa shape index (κ1) is 11.9. The van der Waals surface area contributed by atoms with Crippen molar-refractivity contribution in [3.8, 4) is 5.69 Å². The number of hydrogen-bond donors (Lipinski definition) is 0. The van der Waals surface area contributed by atoms with E-state index in [1.54, 1.807) is 10.7 Å². The summed E-state index contributed by atoms with van der Waals surface area (Å²) in [5, 5.41) is 28.4. The van der Waals surface area contributed by atoms with Gasteiger partial charge in [-0.1, -0.05) is 18.2 Å². The zero-order valence-electron chi connectivity index (χ0n) is 10.5. The summed E-state index contributed by atoms with van der Waals surface area (Å²) in [6, 6.07) is 13.3. The number of tetrazole rings is 2. The summed E-state index contributed by atoms with van der Waals surface area (Å²) >= 11 is 1.33. The van der Waals surface area contributed by atoms with Gasteiger partial charge in [0.05, 0.1) is 5.69 Å². The van der Waals surface area contributed by atoms with E-state index < -0.39 is 0 Å². The number of aromatic nitrogens is 9. The summed E-state index contributed by atoms with van der Waals surface area (Å²) in [5.41, 5.74) is 1.47. The second-order valence-corrected chi connectivity index (χ2v) is 5.00. The zero-order valence-corrected chi connectivity index (χ0v) is 11.3. The SMILES string of the molecule is c1ccc(-n2nnnc2Sc2ccc3nnnn3n2)cc1. The minimum absolute atomic E-state index is 0.585. The maximum Gasteiger partial charge on any atom is 0.220 e. The van der Waals surface area contributed by atoms with E-state index in [0.717, 1.165) is 5.69 Å². The van der Waals surface area contributed by atoms with Crippen LogP contribution in [-0.4, -0.2) is 45.5 Å². The molecule has 4 rings (SSSR count). The van der Waals surface area contributed by atoms with Crippen LogP contribution in [0.1, 0.15) is 0 Å². The van der Waals surface area contributed by atoms with Gasteiger partial charge < -0.3 is 0 Å². The fourth-order valence-electron chi connectivity index (χ4n) is 1.76. The number of benzene rings is 1. The first-order chi connectivity index (χ1) is 10.4. The largest absolute Gasteiger partial charge is 0.220 e. The molecular formula is C11H7N9S. The predicted molar refractivity (Wildman–Crippen MR) is 71.9 cm³/mol. The molecule has 102 valence electrons. The van der Waals surface area contributed by atoms with Gasteiger partial charge in [0.15, 0.2) is 5.65 Å². The van der Waals surface area contributed by atoms with Crippen molar-refractivity contribution in [3.05, 3.63) is 42.5 Å². The van der Waals surface area contributed by atoms with Gasteiger partial charge in [-0.15, -0.1) is 19.9 Å². The Labute approximate surface area is 122 Å². The summed E-state index contributed by atoms with van der Waals surface area (Å²) in [4.78, 5) is 0. The zero-order chi connectivity index (χ0) is 14.1. The minimum Gasteiger partial charge on any atom is -0.187 e. The van der Waals surface area contributed by atoms with Gasteiger partial charge in [0.1, 0.15) is 5.03 Å². The van der Waals surface area contributed by atoms with Crippen molar-refractivity contribution >= 4 is 17.4 Å². The molecule has 1 aromatic carbocycles. The molecule has 0 atom stereocenters. The smallest absolute Gasteiger partial charge is 0.187 e. The van der Waals surface area contributed by atoms with Gasteiger partial charge >= 0.3 is 0 Å². The number of nitrogens with zero attached hydrogens (tertiary/aromatic N) is 9. The van der Waals surface area contributed by atoms with Crippen molar-refractivity contribution < 1.29 is 0 Å². The van der Waals surface area contributed by atoms with Crippen LogP contribution >= 0.6 is 11.8 Å². The molecule has 9 nitrogen and oxygen atoms in total. The lowest BCUT2D eigenvalue weighted by Crippen LogP contribution is -2.00. The Balaban J connectivity index is 1.70. The normalized spacial score (nSPS) is 11.0. The molecule has 0 saturated carbocycles. The Hall–Kier alpha value is -2.88. The third-order valence-corrected chi connectivity index (χ3v) is 3.55. The lowest BCUT2D eigenvalue weighted by Gasteiger charge is -2.03. The molecule has 10 heteroatoms. The van der Waals surface area contributed by atoms with Crippen molar-refractivity contribution in [2.75, 3.05) is 0 Å². The average Bonchev–Trinajstić information content (AvgIpc) is 3.16. The fraction of sp³-hybridized carbons (Fsp3) is 0. The number of fused-ring (bicyclic) bond motifs is 1. The Kier molecular flexibility index (Phi) is 2.78. The number of rotatable bonds is 3. The van der Waals surface area contributed by atoms with E-state index in [2.05, 4.69) is 36.1 Å². The van der Waals surface area contributed by atoms with E-state index >= 15 is 0 Å². The van der Waals surface area contributed by atoms with Crippen LogP contribution < -0.4 is 0 Å². The Morgan fingerprint density at radius 1 is 0.857 bits per heavy atom. The van der Waals surface area contributed by atoms with Crippen molar-refractivity contribution in [1.29, 1.82) is 0 Å². The lowest BCUT2D eigenvalue weighted by atomic mass is 10.3. The van der Waals surface area contributed by atoms with Crippen LogP contribution in [0.25, 0.3) is 11.3 Å². The second-order valence-electron chi connectivity index (χ2n) is 4.01. The standard InChI is InChI=1S/C11H7N9S/c1-2-4-8(5-3-1)19-11(13-16-17-19)21-10-7-6-9-12-15-18-20(9)14-10/h1-7H. The number of hydrogen-bond acceptors (Lipinski definition) is 8. The third-order valence-electron chi connectivity index (χ3n) is 2.68. The van der Waals surface area contributed by atoms with Crippen molar-refractivity contribution in [2.24, 2.45) is 0 Å². The summed E-state index contributed by atoms with van der Waals surface area (Å²) in [7, 11) is 0. The van der Waals surface area contributed by atoms with Gasteiger partial charge in [0.2, 0.25) is 5.16 Å². The van der Waals surface area contributed by atoms with Crippen molar-refractivity contribution in [1.82, 2.24) is 45.5 Å². The van der Waals surface area contributed by atoms with Gasteiger partial charge in [0, 0.05) is 0 Å². The summed E-state index contributed by atoms with van der Waals surface area (Å²) in [6.07, 6.45) is 0. The molecular weight excluding hydrogens is 290 g/mol. The van der Waals surface area contributed by atoms with Crippen molar-refractivity contribution in [3.63, 3.8) is 0 Å². The molecule has 0 aliphatic rings. The molecule has 0 bridgehead atoms. The van der Waals surface area contributed by atoms with Gasteiger partial charge in [-0.05, 0) is 56.9 Å². The van der Waals surface area contributed by atoms with Gasteiger partial charge in [-0.2, -0.15) is 4.68 Å². The monoisotopic (exact) mass is 297 g/mol. The van der Waals surface area contributed by atoms with Crippen LogP contribution in [0.15, 0.2) is 52.6 Å². The maximum absolute atomic E-state index is 4.28. The topological polar surface area (TPSA) is 99.6 Å². The summed E-state index contributed by atoms with van der Waals surface area (Å²) < 4.78 is 3.01. The first-order valence-corrected chi connectivity index (χ1v) is 6.79. The van der Waals surface area contributed by atoms with Crippen LogP contribution in [-0.2, 0) is 0 Å². The van der Waals surface area contributed by atoms with Gasteiger partial charge in [-0.3, -0.25) is 0 Å². The Bertz CT molecular complexity index is 885. The molecule has 0 saturated heterocycles. The minimum atomic E-state index is 0.585. The molecule has 21 heavy (non-hydrogen) atoms. The van der Waals surface area contributed by atoms with Crippen LogP contribution in [0.5, 0.6) is 0 Å². The van der Waals surface area contributed by atoms with Crippen LogP contribution in [0, 0.1) is 0 Å². The molecule has 4 aromatic rings. The lowest BCUT2D eigenvalue weighted by molar-refractivity contribution is 0.700. The van der Waals surface area contributed by atoms with Crippen molar-refractivity contribution in [2.45, 2.75) is 10.2 Å². The summed E-state index contributed by atoms with van der Waals surface area (Å²) in [5.74, 6) is 0. The van der Waals surface area contributed by atoms with E-state index in [9.17, 15) is 0 Å². The fourth-order valence-corrected chi connectivity index (χ4v) is 2.50. The van der Waals surface area contributed by atoms with Gasteiger partial charge in [0.25, 0.3) is 0 Å². The van der Waals surface area contributed by atoms with Gasteiger partial charge in [-0.25, -0.2) is 0 Å². The maximum atomic E-state index is 4.28. The highest BCUT2D eigenvalue weighted by Crippen LogP contribution is 2.24. The molecule has 0 aliphatic heterocycles. The molecule has 0 unspecified atom stereocenters. The highest BCUT2D eigenvalue weighted by molar-refractivity contribution is 7.99. The first-order valence-electron chi connectivity index (χ1n) is 5.97. The molecule has 0 N–H and O–H groups in total. The summed E-state index contributed by atoms with van der Waals surface area (Å²) in [6.45, 7) is 0. The predicted octanol–water partition coefficient (Wildman–Crippen LogP) is 0.646. The highest BCUT2D eigenvalue weighted by Gasteiger charge is 2.11.